The van der Waals surface area contributed by atoms with Crippen LogP contribution < -0.4 is 5.73 Å². The molecule has 0 atom stereocenters. The molecule has 3 aromatic carbocycles. The van der Waals surface area contributed by atoms with Gasteiger partial charge >= 0.3 is 29.0 Å². The number of ether oxygens (including phenoxy) is 2. The Morgan fingerprint density at radius 1 is 0.604 bits per heavy atom. The Kier molecular flexibility index (Phi) is 47.0. The zero-order valence-corrected chi connectivity index (χ0v) is 38.3. The van der Waals surface area contributed by atoms with E-state index in [1.165, 1.54) is 13.8 Å². The maximum Gasteiger partial charge on any atom is 2.00 e. The van der Waals surface area contributed by atoms with Gasteiger partial charge in [-0.1, -0.05) is 124 Å². The number of carboxylic acid groups (broad SMARTS) is 1. The van der Waals surface area contributed by atoms with Crippen molar-refractivity contribution in [3.05, 3.63) is 123 Å². The SMILES string of the molecule is CC.CC.CC.CC.CC.CC(C)(N)O.CC1(C)COC(c2ccccc2)=N1.CC1(C)COC(c2ccccc2)=N1.O=C(O)c1ccccc1.[CH3-].[CH3-].[Mg+2]. The molecule has 5 rings (SSSR count). The summed E-state index contributed by atoms with van der Waals surface area (Å²) in [5.74, 6) is 0.659. The van der Waals surface area contributed by atoms with Crippen molar-refractivity contribution in [2.24, 2.45) is 15.7 Å². The molecular formula is C44H77MgN3O5. The van der Waals surface area contributed by atoms with Crippen LogP contribution in [-0.4, -0.2) is 81.0 Å². The topological polar surface area (TPSA) is 127 Å². The van der Waals surface area contributed by atoms with Gasteiger partial charge in [-0.25, -0.2) is 14.8 Å². The van der Waals surface area contributed by atoms with E-state index in [0.717, 1.165) is 22.9 Å². The van der Waals surface area contributed by atoms with Crippen LogP contribution in [0.3, 0.4) is 0 Å². The van der Waals surface area contributed by atoms with Crippen molar-refractivity contribution in [3.63, 3.8) is 0 Å². The maximum absolute atomic E-state index is 10.2. The van der Waals surface area contributed by atoms with E-state index in [0.29, 0.717) is 18.8 Å². The molecule has 2 heterocycles. The summed E-state index contributed by atoms with van der Waals surface area (Å²) in [5, 5.41) is 16.7. The third-order valence-corrected chi connectivity index (χ3v) is 4.99. The fraction of sp³-hybridized carbons (Fsp3) is 0.477. The van der Waals surface area contributed by atoms with Gasteiger partial charge in [-0.15, -0.1) is 0 Å². The van der Waals surface area contributed by atoms with E-state index in [4.69, 9.17) is 25.4 Å². The summed E-state index contributed by atoms with van der Waals surface area (Å²) in [4.78, 5) is 19.2. The second kappa shape index (κ2) is 38.5. The minimum Gasteiger partial charge on any atom is -0.478 e. The molecule has 2 aliphatic rings. The van der Waals surface area contributed by atoms with Gasteiger partial charge in [0, 0.05) is 11.1 Å². The molecule has 2 aliphatic heterocycles. The van der Waals surface area contributed by atoms with Gasteiger partial charge in [0.2, 0.25) is 11.8 Å². The first-order chi connectivity index (χ1) is 23.7. The van der Waals surface area contributed by atoms with Crippen LogP contribution in [0.1, 0.15) is 132 Å². The Labute approximate surface area is 342 Å². The maximum atomic E-state index is 10.2. The Bertz CT molecular complexity index is 1180. The quantitative estimate of drug-likeness (QED) is 0.139. The summed E-state index contributed by atoms with van der Waals surface area (Å²) in [6, 6.07) is 28.3. The van der Waals surface area contributed by atoms with Gasteiger partial charge in [0.05, 0.1) is 16.6 Å². The van der Waals surface area contributed by atoms with Crippen molar-refractivity contribution in [3.8, 4) is 0 Å². The minimum absolute atomic E-state index is 0. The zero-order chi connectivity index (χ0) is 39.8. The Balaban J connectivity index is -0.0000000999. The second-order valence-corrected chi connectivity index (χ2v) is 11.1. The molecule has 0 aromatic heterocycles. The van der Waals surface area contributed by atoms with Crippen LogP contribution in [0.25, 0.3) is 0 Å². The van der Waals surface area contributed by atoms with E-state index in [2.05, 4.69) is 37.7 Å². The van der Waals surface area contributed by atoms with Crippen LogP contribution in [0.2, 0.25) is 0 Å². The van der Waals surface area contributed by atoms with Gasteiger partial charge in [-0.2, -0.15) is 0 Å². The first kappa shape index (κ1) is 64.7. The molecular weight excluding hydrogens is 675 g/mol. The number of nitrogens with two attached hydrogens (primary N) is 1. The number of carboxylic acids is 1. The van der Waals surface area contributed by atoms with E-state index >= 15 is 0 Å². The monoisotopic (exact) mass is 752 g/mol. The first-order valence-corrected chi connectivity index (χ1v) is 18.0. The summed E-state index contributed by atoms with van der Waals surface area (Å²) >= 11 is 0. The zero-order valence-electron chi connectivity index (χ0n) is 36.9. The largest absolute Gasteiger partial charge is 2.00 e. The van der Waals surface area contributed by atoms with Gasteiger partial charge in [0.15, 0.2) is 0 Å². The smallest absolute Gasteiger partial charge is 0.478 e. The van der Waals surface area contributed by atoms with Crippen LogP contribution in [0.4, 0.5) is 0 Å². The van der Waals surface area contributed by atoms with E-state index < -0.39 is 11.7 Å². The molecule has 0 aliphatic carbocycles. The van der Waals surface area contributed by atoms with Crippen LogP contribution in [0.5, 0.6) is 0 Å². The van der Waals surface area contributed by atoms with Crippen LogP contribution in [0, 0.1) is 14.9 Å². The van der Waals surface area contributed by atoms with Gasteiger partial charge in [-0.05, 0) is 77.9 Å². The van der Waals surface area contributed by atoms with Crippen LogP contribution in [0.15, 0.2) is 101 Å². The molecule has 53 heavy (non-hydrogen) atoms. The number of carbonyl (C=O) groups is 1. The van der Waals surface area contributed by atoms with Gasteiger partial charge in [-0.3, -0.25) is 0 Å². The van der Waals surface area contributed by atoms with E-state index in [1.54, 1.807) is 30.3 Å². The molecule has 3 aromatic rings. The third kappa shape index (κ3) is 35.6. The standard InChI is InChI=1S/2C11H13NO.C7H6O2.C3H9NO.5C2H6.2CH3.Mg/c2*1-11(2)8-13-10(12-11)9-6-4-3-5-7-9;8-7(9)6-4-2-1-3-5-6;1-3(2,4)5;5*1-2;;;/h2*3-7H,8H2,1-2H3;1-5H,(H,8,9);5H,4H2,1-2H3;5*1-2H3;2*1H3;/q;;;;;;;;;2*-1;+2. The average Bonchev–Trinajstić information content (AvgIpc) is 3.70. The summed E-state index contributed by atoms with van der Waals surface area (Å²) in [6.45, 7) is 32.7. The third-order valence-electron chi connectivity index (χ3n) is 4.99. The summed E-state index contributed by atoms with van der Waals surface area (Å²) in [6.07, 6.45) is 0. The molecule has 0 bridgehead atoms. The molecule has 0 amide bonds. The molecule has 0 saturated heterocycles. The van der Waals surface area contributed by atoms with Crippen LogP contribution >= 0.6 is 0 Å². The van der Waals surface area contributed by atoms with Crippen molar-refractivity contribution in [1.82, 2.24) is 0 Å². The molecule has 4 N–H and O–H groups in total. The number of benzene rings is 3. The molecule has 0 fully saturated rings. The number of rotatable bonds is 3. The van der Waals surface area contributed by atoms with E-state index in [-0.39, 0.29) is 49.0 Å². The molecule has 8 nitrogen and oxygen atoms in total. The number of aromatic carboxylic acids is 1. The Hall–Kier alpha value is -3.24. The fourth-order valence-corrected chi connectivity index (χ4v) is 3.21. The summed E-state index contributed by atoms with van der Waals surface area (Å²) < 4.78 is 11.0. The summed E-state index contributed by atoms with van der Waals surface area (Å²) in [5.41, 5.74) is 6.24. The number of hydrogen-bond acceptors (Lipinski definition) is 7. The first-order valence-electron chi connectivity index (χ1n) is 18.0. The predicted octanol–water partition coefficient (Wildman–Crippen LogP) is 11.2. The number of nitrogens with zero attached hydrogens (tertiary/aromatic N) is 2. The average molecular weight is 752 g/mol. The Morgan fingerprint density at radius 3 is 1.00 bits per heavy atom. The molecule has 300 valence electrons. The second-order valence-electron chi connectivity index (χ2n) is 11.1. The number of hydrogen-bond donors (Lipinski definition) is 3. The van der Waals surface area contributed by atoms with E-state index in [1.807, 2.05) is 130 Å². The van der Waals surface area contributed by atoms with Gasteiger partial charge < -0.3 is 40.3 Å². The normalized spacial score (nSPS) is 12.7. The Morgan fingerprint density at radius 2 is 0.830 bits per heavy atom. The molecule has 0 radical (unpaired) electrons. The van der Waals surface area contributed by atoms with Gasteiger partial charge in [0.25, 0.3) is 0 Å². The van der Waals surface area contributed by atoms with Crippen molar-refractivity contribution in [2.75, 3.05) is 13.2 Å². The summed E-state index contributed by atoms with van der Waals surface area (Å²) in [7, 11) is 0. The molecule has 9 heteroatoms. The minimum atomic E-state index is -1.00. The van der Waals surface area contributed by atoms with Crippen LogP contribution in [-0.2, 0) is 9.47 Å². The molecule has 0 unspecified atom stereocenters. The number of aliphatic imine (C=N–C) groups is 2. The number of aliphatic hydroxyl groups is 1. The fourth-order valence-electron chi connectivity index (χ4n) is 3.21. The van der Waals surface area contributed by atoms with Crippen molar-refractivity contribution in [2.45, 2.75) is 128 Å². The van der Waals surface area contributed by atoms with Crippen molar-refractivity contribution >= 4 is 40.8 Å². The van der Waals surface area contributed by atoms with Crippen molar-refractivity contribution < 1.29 is 24.5 Å². The molecule has 0 saturated carbocycles. The molecule has 0 spiro atoms. The van der Waals surface area contributed by atoms with E-state index in [9.17, 15) is 4.79 Å². The van der Waals surface area contributed by atoms with Gasteiger partial charge in [0.1, 0.15) is 18.9 Å². The predicted molar refractivity (Wildman–Crippen MR) is 235 cm³/mol. The van der Waals surface area contributed by atoms with Crippen molar-refractivity contribution in [1.29, 1.82) is 0 Å².